The first-order valence-electron chi connectivity index (χ1n) is 7.82. The molecule has 0 spiro atoms. The van der Waals surface area contributed by atoms with E-state index in [-0.39, 0.29) is 0 Å². The Balaban J connectivity index is 2.33. The SMILES string of the molecule is C1=CC=CC=CCCCCCCCCCC=CC=C1. The molecule has 0 amide bonds. The zero-order valence-corrected chi connectivity index (χ0v) is 12.1. The van der Waals surface area contributed by atoms with Crippen LogP contribution in [-0.2, 0) is 0 Å². The topological polar surface area (TPSA) is 0 Å². The molecule has 0 heterocycles. The van der Waals surface area contributed by atoms with Gasteiger partial charge in [0.1, 0.15) is 0 Å². The van der Waals surface area contributed by atoms with E-state index in [0.717, 1.165) is 0 Å². The minimum Gasteiger partial charge on any atom is -0.0845 e. The van der Waals surface area contributed by atoms with Gasteiger partial charge in [-0.2, -0.15) is 0 Å². The molecular formula is C19H28. The molecule has 1 aliphatic rings. The largest absolute Gasteiger partial charge is 0.0845 e. The Morgan fingerprint density at radius 3 is 1.05 bits per heavy atom. The van der Waals surface area contributed by atoms with Crippen molar-refractivity contribution >= 4 is 0 Å². The minimum absolute atomic E-state index is 1.22. The van der Waals surface area contributed by atoms with Crippen LogP contribution in [0.25, 0.3) is 0 Å². The van der Waals surface area contributed by atoms with Gasteiger partial charge in [-0.05, 0) is 25.7 Å². The van der Waals surface area contributed by atoms with E-state index in [1.807, 2.05) is 0 Å². The molecular weight excluding hydrogens is 228 g/mol. The highest BCUT2D eigenvalue weighted by Crippen LogP contribution is 2.10. The molecule has 0 saturated heterocycles. The Hall–Kier alpha value is -1.30. The quantitative estimate of drug-likeness (QED) is 0.477. The van der Waals surface area contributed by atoms with Crippen LogP contribution in [0.2, 0.25) is 0 Å². The van der Waals surface area contributed by atoms with Crippen molar-refractivity contribution in [3.8, 4) is 0 Å². The monoisotopic (exact) mass is 256 g/mol. The van der Waals surface area contributed by atoms with E-state index in [4.69, 9.17) is 0 Å². The van der Waals surface area contributed by atoms with Gasteiger partial charge in [-0.15, -0.1) is 0 Å². The molecule has 1 rings (SSSR count). The molecule has 0 atom stereocenters. The molecule has 0 radical (unpaired) electrons. The third kappa shape index (κ3) is 11.5. The number of hydrogen-bond acceptors (Lipinski definition) is 0. The van der Waals surface area contributed by atoms with E-state index in [9.17, 15) is 0 Å². The fourth-order valence-corrected chi connectivity index (χ4v) is 2.14. The molecule has 0 nitrogen and oxygen atoms in total. The van der Waals surface area contributed by atoms with Crippen molar-refractivity contribution in [3.63, 3.8) is 0 Å². The van der Waals surface area contributed by atoms with Crippen LogP contribution in [-0.4, -0.2) is 0 Å². The van der Waals surface area contributed by atoms with Crippen LogP contribution in [0, 0.1) is 0 Å². The normalized spacial score (nSPS) is 19.8. The molecule has 0 bridgehead atoms. The van der Waals surface area contributed by atoms with Crippen LogP contribution in [0.5, 0.6) is 0 Å². The molecule has 1 aliphatic carbocycles. The molecule has 0 aromatic rings. The Kier molecular flexibility index (Phi) is 10.9. The summed E-state index contributed by atoms with van der Waals surface area (Å²) in [5.74, 6) is 0. The van der Waals surface area contributed by atoms with Gasteiger partial charge in [0.25, 0.3) is 0 Å². The average Bonchev–Trinajstić information content (AvgIpc) is 2.43. The fraction of sp³-hybridized carbons (Fsp3) is 0.474. The Labute approximate surface area is 119 Å². The Bertz CT molecular complexity index is 294. The van der Waals surface area contributed by atoms with Crippen molar-refractivity contribution in [2.75, 3.05) is 0 Å². The maximum atomic E-state index is 2.27. The third-order valence-corrected chi connectivity index (χ3v) is 3.29. The summed E-state index contributed by atoms with van der Waals surface area (Å²) >= 11 is 0. The molecule has 0 heteroatoms. The van der Waals surface area contributed by atoms with E-state index >= 15 is 0 Å². The number of hydrogen-bond donors (Lipinski definition) is 0. The lowest BCUT2D eigenvalue weighted by Gasteiger charge is -1.99. The van der Waals surface area contributed by atoms with Crippen LogP contribution in [0.3, 0.4) is 0 Å². The van der Waals surface area contributed by atoms with Crippen LogP contribution < -0.4 is 0 Å². The second kappa shape index (κ2) is 13.1. The van der Waals surface area contributed by atoms with Gasteiger partial charge in [0.2, 0.25) is 0 Å². The van der Waals surface area contributed by atoms with Gasteiger partial charge in [0, 0.05) is 0 Å². The van der Waals surface area contributed by atoms with Crippen LogP contribution in [0.15, 0.2) is 60.8 Å². The van der Waals surface area contributed by atoms with Gasteiger partial charge in [0.15, 0.2) is 0 Å². The lowest BCUT2D eigenvalue weighted by Crippen LogP contribution is -1.80. The maximum Gasteiger partial charge on any atom is -0.0348 e. The van der Waals surface area contributed by atoms with Crippen molar-refractivity contribution in [2.24, 2.45) is 0 Å². The summed E-state index contributed by atoms with van der Waals surface area (Å²) in [6, 6.07) is 0. The van der Waals surface area contributed by atoms with Gasteiger partial charge in [-0.3, -0.25) is 0 Å². The third-order valence-electron chi connectivity index (χ3n) is 3.29. The van der Waals surface area contributed by atoms with Crippen LogP contribution in [0.4, 0.5) is 0 Å². The first-order chi connectivity index (χ1) is 9.50. The molecule has 104 valence electrons. The highest BCUT2D eigenvalue weighted by molar-refractivity contribution is 5.17. The molecule has 0 aliphatic heterocycles. The summed E-state index contributed by atoms with van der Waals surface area (Å²) in [6.45, 7) is 0. The second-order valence-corrected chi connectivity index (χ2v) is 5.06. The smallest absolute Gasteiger partial charge is 0.0348 e. The zero-order chi connectivity index (χ0) is 13.4. The minimum atomic E-state index is 1.22. The summed E-state index contributed by atoms with van der Waals surface area (Å²) in [6.07, 6.45) is 33.5. The fourth-order valence-electron chi connectivity index (χ4n) is 2.14. The summed E-state index contributed by atoms with van der Waals surface area (Å²) in [7, 11) is 0. The standard InChI is InChI=1S/C19H28/c1-2-4-6-8-10-12-14-16-18-19-17-15-13-11-9-7-5-3-1/h1-10H,11-19H2. The van der Waals surface area contributed by atoms with E-state index in [2.05, 4.69) is 60.8 Å². The summed E-state index contributed by atoms with van der Waals surface area (Å²) in [5, 5.41) is 0. The highest BCUT2D eigenvalue weighted by Gasteiger charge is 1.90. The maximum absolute atomic E-state index is 2.27. The van der Waals surface area contributed by atoms with E-state index in [1.165, 1.54) is 57.8 Å². The van der Waals surface area contributed by atoms with Gasteiger partial charge < -0.3 is 0 Å². The molecule has 0 N–H and O–H groups in total. The highest BCUT2D eigenvalue weighted by atomic mass is 14.0. The zero-order valence-electron chi connectivity index (χ0n) is 12.1. The van der Waals surface area contributed by atoms with E-state index in [1.54, 1.807) is 0 Å². The first kappa shape index (κ1) is 15.8. The van der Waals surface area contributed by atoms with Crippen LogP contribution >= 0.6 is 0 Å². The first-order valence-corrected chi connectivity index (χ1v) is 7.82. The van der Waals surface area contributed by atoms with Crippen molar-refractivity contribution < 1.29 is 0 Å². The molecule has 19 heavy (non-hydrogen) atoms. The second-order valence-electron chi connectivity index (χ2n) is 5.06. The van der Waals surface area contributed by atoms with E-state index < -0.39 is 0 Å². The Morgan fingerprint density at radius 1 is 0.316 bits per heavy atom. The summed E-state index contributed by atoms with van der Waals surface area (Å²) < 4.78 is 0. The molecule has 0 aromatic carbocycles. The lowest BCUT2D eigenvalue weighted by atomic mass is 10.1. The molecule has 0 saturated carbocycles. The predicted molar refractivity (Wildman–Crippen MR) is 87.3 cm³/mol. The predicted octanol–water partition coefficient (Wildman–Crippen LogP) is 6.29. The number of rotatable bonds is 0. The van der Waals surface area contributed by atoms with E-state index in [0.29, 0.717) is 0 Å². The van der Waals surface area contributed by atoms with Gasteiger partial charge in [-0.1, -0.05) is 92.9 Å². The molecule has 0 unspecified atom stereocenters. The van der Waals surface area contributed by atoms with Crippen molar-refractivity contribution in [3.05, 3.63) is 60.8 Å². The summed E-state index contributed by atoms with van der Waals surface area (Å²) in [5.41, 5.74) is 0. The number of allylic oxidation sites excluding steroid dienone is 10. The van der Waals surface area contributed by atoms with Crippen molar-refractivity contribution in [1.82, 2.24) is 0 Å². The van der Waals surface area contributed by atoms with Gasteiger partial charge >= 0.3 is 0 Å². The van der Waals surface area contributed by atoms with Gasteiger partial charge in [0.05, 0.1) is 0 Å². The van der Waals surface area contributed by atoms with Crippen molar-refractivity contribution in [1.29, 1.82) is 0 Å². The van der Waals surface area contributed by atoms with Crippen LogP contribution in [0.1, 0.15) is 57.8 Å². The Morgan fingerprint density at radius 2 is 0.632 bits per heavy atom. The average molecular weight is 256 g/mol. The lowest BCUT2D eigenvalue weighted by molar-refractivity contribution is 0.583. The molecule has 0 fully saturated rings. The van der Waals surface area contributed by atoms with Gasteiger partial charge in [-0.25, -0.2) is 0 Å². The molecule has 0 aromatic heterocycles. The van der Waals surface area contributed by atoms with Crippen molar-refractivity contribution in [2.45, 2.75) is 57.8 Å². The summed E-state index contributed by atoms with van der Waals surface area (Å²) in [4.78, 5) is 0.